The van der Waals surface area contributed by atoms with Crippen LogP contribution < -0.4 is 10.5 Å². The molecule has 3 atom stereocenters. The SMILES string of the molecule is CCC1(C)C(N)CC1Oc1cc(Br)ccc1C. The van der Waals surface area contributed by atoms with Crippen molar-refractivity contribution in [2.75, 3.05) is 0 Å². The minimum Gasteiger partial charge on any atom is -0.489 e. The highest BCUT2D eigenvalue weighted by Gasteiger charge is 2.50. The summed E-state index contributed by atoms with van der Waals surface area (Å²) in [6.07, 6.45) is 2.26. The van der Waals surface area contributed by atoms with Gasteiger partial charge < -0.3 is 10.5 Å². The molecular weight excluding hydrogens is 278 g/mol. The average Bonchev–Trinajstić information content (AvgIpc) is 2.32. The first-order valence-corrected chi connectivity index (χ1v) is 6.95. The van der Waals surface area contributed by atoms with E-state index in [-0.39, 0.29) is 17.6 Å². The molecule has 2 N–H and O–H groups in total. The molecule has 0 amide bonds. The Morgan fingerprint density at radius 3 is 2.82 bits per heavy atom. The molecule has 0 spiro atoms. The maximum Gasteiger partial charge on any atom is 0.123 e. The van der Waals surface area contributed by atoms with E-state index in [9.17, 15) is 0 Å². The van der Waals surface area contributed by atoms with E-state index < -0.39 is 0 Å². The maximum atomic E-state index is 6.13. The Morgan fingerprint density at radius 1 is 1.53 bits per heavy atom. The van der Waals surface area contributed by atoms with Crippen LogP contribution in [0.15, 0.2) is 22.7 Å². The number of nitrogens with two attached hydrogens (primary N) is 1. The molecule has 3 heteroatoms. The topological polar surface area (TPSA) is 35.2 Å². The molecule has 1 saturated carbocycles. The highest BCUT2D eigenvalue weighted by Crippen LogP contribution is 2.45. The van der Waals surface area contributed by atoms with Crippen molar-refractivity contribution in [2.24, 2.45) is 11.1 Å². The molecule has 1 fully saturated rings. The third kappa shape index (κ3) is 2.23. The summed E-state index contributed by atoms with van der Waals surface area (Å²) in [5.41, 5.74) is 7.38. The highest BCUT2D eigenvalue weighted by molar-refractivity contribution is 9.10. The summed E-state index contributed by atoms with van der Waals surface area (Å²) in [5.74, 6) is 0.968. The van der Waals surface area contributed by atoms with Crippen LogP contribution in [0, 0.1) is 12.3 Å². The van der Waals surface area contributed by atoms with Crippen molar-refractivity contribution in [3.05, 3.63) is 28.2 Å². The summed E-state index contributed by atoms with van der Waals surface area (Å²) in [6, 6.07) is 6.41. The monoisotopic (exact) mass is 297 g/mol. The molecule has 2 rings (SSSR count). The zero-order chi connectivity index (χ0) is 12.6. The Kier molecular flexibility index (Phi) is 3.50. The van der Waals surface area contributed by atoms with Gasteiger partial charge in [-0.2, -0.15) is 0 Å². The van der Waals surface area contributed by atoms with E-state index in [1.54, 1.807) is 0 Å². The van der Waals surface area contributed by atoms with Crippen LogP contribution in [-0.2, 0) is 0 Å². The summed E-state index contributed by atoms with van der Waals surface area (Å²) in [6.45, 7) is 6.48. The van der Waals surface area contributed by atoms with Gasteiger partial charge in [0.25, 0.3) is 0 Å². The van der Waals surface area contributed by atoms with Crippen LogP contribution >= 0.6 is 15.9 Å². The van der Waals surface area contributed by atoms with Crippen LogP contribution in [-0.4, -0.2) is 12.1 Å². The standard InChI is InChI=1S/C14H20BrNO/c1-4-14(3)12(16)8-13(14)17-11-7-10(15)6-5-9(11)2/h5-7,12-13H,4,8,16H2,1-3H3. The van der Waals surface area contributed by atoms with Crippen LogP contribution in [0.3, 0.4) is 0 Å². The van der Waals surface area contributed by atoms with Crippen molar-refractivity contribution in [2.45, 2.75) is 45.8 Å². The van der Waals surface area contributed by atoms with Gasteiger partial charge in [0.15, 0.2) is 0 Å². The van der Waals surface area contributed by atoms with E-state index in [0.29, 0.717) is 0 Å². The van der Waals surface area contributed by atoms with Gasteiger partial charge in [-0.05, 0) is 31.0 Å². The Morgan fingerprint density at radius 2 is 2.24 bits per heavy atom. The highest BCUT2D eigenvalue weighted by atomic mass is 79.9. The minimum atomic E-state index is 0.120. The first-order chi connectivity index (χ1) is 7.97. The largest absolute Gasteiger partial charge is 0.489 e. The van der Waals surface area contributed by atoms with Crippen molar-refractivity contribution in [3.8, 4) is 5.75 Å². The quantitative estimate of drug-likeness (QED) is 0.924. The zero-order valence-electron chi connectivity index (χ0n) is 10.7. The van der Waals surface area contributed by atoms with Gasteiger partial charge in [0.1, 0.15) is 11.9 Å². The molecule has 0 saturated heterocycles. The first kappa shape index (κ1) is 12.9. The average molecular weight is 298 g/mol. The fourth-order valence-corrected chi connectivity index (χ4v) is 2.71. The summed E-state index contributed by atoms with van der Waals surface area (Å²) in [7, 11) is 0. The number of halogens is 1. The van der Waals surface area contributed by atoms with E-state index >= 15 is 0 Å². The van der Waals surface area contributed by atoms with Crippen LogP contribution in [0.1, 0.15) is 32.3 Å². The lowest BCUT2D eigenvalue weighted by Gasteiger charge is -2.51. The van der Waals surface area contributed by atoms with E-state index in [1.165, 1.54) is 5.56 Å². The zero-order valence-corrected chi connectivity index (χ0v) is 12.3. The molecule has 2 nitrogen and oxygen atoms in total. The van der Waals surface area contributed by atoms with Gasteiger partial charge in [-0.3, -0.25) is 0 Å². The molecule has 3 unspecified atom stereocenters. The van der Waals surface area contributed by atoms with Gasteiger partial charge in [0, 0.05) is 22.4 Å². The van der Waals surface area contributed by atoms with Gasteiger partial charge in [-0.1, -0.05) is 35.8 Å². The van der Waals surface area contributed by atoms with E-state index in [0.717, 1.165) is 23.1 Å². The summed E-state index contributed by atoms with van der Waals surface area (Å²) in [4.78, 5) is 0. The predicted octanol–water partition coefficient (Wildman–Crippen LogP) is 3.65. The van der Waals surface area contributed by atoms with Crippen LogP contribution in [0.5, 0.6) is 5.75 Å². The lowest BCUT2D eigenvalue weighted by Crippen LogP contribution is -2.61. The molecule has 0 aliphatic heterocycles. The second-order valence-corrected chi connectivity index (χ2v) is 6.13. The number of ether oxygens (including phenoxy) is 1. The fraction of sp³-hybridized carbons (Fsp3) is 0.571. The first-order valence-electron chi connectivity index (χ1n) is 6.15. The van der Waals surface area contributed by atoms with E-state index in [4.69, 9.17) is 10.5 Å². The smallest absolute Gasteiger partial charge is 0.123 e. The van der Waals surface area contributed by atoms with Crippen LogP contribution in [0.2, 0.25) is 0 Å². The van der Waals surface area contributed by atoms with Crippen molar-refractivity contribution in [3.63, 3.8) is 0 Å². The molecule has 0 heterocycles. The molecule has 0 bridgehead atoms. The molecule has 17 heavy (non-hydrogen) atoms. The second-order valence-electron chi connectivity index (χ2n) is 5.22. The summed E-state index contributed by atoms with van der Waals surface area (Å²) in [5, 5.41) is 0. The summed E-state index contributed by atoms with van der Waals surface area (Å²) >= 11 is 3.48. The number of benzene rings is 1. The summed E-state index contributed by atoms with van der Waals surface area (Å²) < 4.78 is 7.18. The van der Waals surface area contributed by atoms with E-state index in [2.05, 4.69) is 42.8 Å². The number of aryl methyl sites for hydroxylation is 1. The maximum absolute atomic E-state index is 6.13. The molecule has 94 valence electrons. The predicted molar refractivity (Wildman–Crippen MR) is 74.3 cm³/mol. The minimum absolute atomic E-state index is 0.120. The molecule has 1 aliphatic rings. The van der Waals surface area contributed by atoms with Crippen molar-refractivity contribution in [1.82, 2.24) is 0 Å². The third-order valence-corrected chi connectivity index (χ3v) is 4.73. The third-order valence-electron chi connectivity index (χ3n) is 4.23. The molecule has 1 aromatic rings. The Balaban J connectivity index is 2.14. The molecule has 1 aliphatic carbocycles. The number of hydrogen-bond donors (Lipinski definition) is 1. The Hall–Kier alpha value is -0.540. The van der Waals surface area contributed by atoms with Gasteiger partial charge in [-0.15, -0.1) is 0 Å². The fourth-order valence-electron chi connectivity index (χ4n) is 2.37. The number of hydrogen-bond acceptors (Lipinski definition) is 2. The molecule has 0 aromatic heterocycles. The second kappa shape index (κ2) is 4.62. The van der Waals surface area contributed by atoms with Gasteiger partial charge in [-0.25, -0.2) is 0 Å². The lowest BCUT2D eigenvalue weighted by atomic mass is 9.62. The normalized spacial score (nSPS) is 32.1. The van der Waals surface area contributed by atoms with Gasteiger partial charge in [0.05, 0.1) is 0 Å². The Labute approximate surface area is 112 Å². The van der Waals surface area contributed by atoms with E-state index in [1.807, 2.05) is 12.1 Å². The van der Waals surface area contributed by atoms with Crippen LogP contribution in [0.4, 0.5) is 0 Å². The number of rotatable bonds is 3. The lowest BCUT2D eigenvalue weighted by molar-refractivity contribution is -0.0563. The molecule has 0 radical (unpaired) electrons. The van der Waals surface area contributed by atoms with Crippen molar-refractivity contribution >= 4 is 15.9 Å². The Bertz CT molecular complexity index is 421. The van der Waals surface area contributed by atoms with Crippen LogP contribution in [0.25, 0.3) is 0 Å². The van der Waals surface area contributed by atoms with Crippen molar-refractivity contribution in [1.29, 1.82) is 0 Å². The van der Waals surface area contributed by atoms with Crippen molar-refractivity contribution < 1.29 is 4.74 Å². The molecular formula is C14H20BrNO. The van der Waals surface area contributed by atoms with Gasteiger partial charge >= 0.3 is 0 Å². The van der Waals surface area contributed by atoms with Gasteiger partial charge in [0.2, 0.25) is 0 Å². The molecule has 1 aromatic carbocycles.